The Bertz CT molecular complexity index is 734. The van der Waals surface area contributed by atoms with Crippen molar-refractivity contribution in [3.63, 3.8) is 0 Å². The summed E-state index contributed by atoms with van der Waals surface area (Å²) < 4.78 is 13.2. The predicted molar refractivity (Wildman–Crippen MR) is 83.8 cm³/mol. The van der Waals surface area contributed by atoms with Crippen molar-refractivity contribution >= 4 is 40.7 Å². The minimum Gasteiger partial charge on any atom is -0.312 e. The van der Waals surface area contributed by atoms with Gasteiger partial charge in [0.2, 0.25) is 0 Å². The average molecular weight is 341 g/mol. The second kappa shape index (κ2) is 6.25. The second-order valence-corrected chi connectivity index (χ2v) is 7.88. The molecule has 0 atom stereocenters. The largest absolute Gasteiger partial charge is 0.312 e. The Morgan fingerprint density at radius 3 is 1.64 bits per heavy atom. The first kappa shape index (κ1) is 16.1. The number of alkyl halides is 1. The smallest absolute Gasteiger partial charge is 0.270 e. The monoisotopic (exact) mass is 340 g/mol. The summed E-state index contributed by atoms with van der Waals surface area (Å²) in [6, 6.07) is 10.7. The molecule has 0 radical (unpaired) electrons. The summed E-state index contributed by atoms with van der Waals surface area (Å²) in [6.45, 7) is 0. The standard InChI is InChI=1S/C13H10ClN2O5P/c14-9-22(21,12-5-1-3-10(7-12)15(17)18)13-6-2-4-11(8-13)16(19)20/h1-8H,9H2. The van der Waals surface area contributed by atoms with Crippen molar-refractivity contribution in [1.29, 1.82) is 0 Å². The van der Waals surface area contributed by atoms with Crippen molar-refractivity contribution in [2.75, 3.05) is 5.62 Å². The number of hydrogen-bond acceptors (Lipinski definition) is 5. The molecule has 22 heavy (non-hydrogen) atoms. The molecule has 2 aromatic carbocycles. The van der Waals surface area contributed by atoms with Gasteiger partial charge in [0.25, 0.3) is 11.4 Å². The Kier molecular flexibility index (Phi) is 4.59. The molecule has 2 aromatic rings. The molecule has 0 saturated carbocycles. The third-order valence-corrected chi connectivity index (χ3v) is 6.65. The highest BCUT2D eigenvalue weighted by Gasteiger charge is 2.29. The first-order valence-electron chi connectivity index (χ1n) is 6.03. The van der Waals surface area contributed by atoms with E-state index in [0.29, 0.717) is 0 Å². The van der Waals surface area contributed by atoms with Gasteiger partial charge in [-0.1, -0.05) is 24.3 Å². The van der Waals surface area contributed by atoms with Crippen molar-refractivity contribution in [1.82, 2.24) is 0 Å². The van der Waals surface area contributed by atoms with Gasteiger partial charge in [-0.15, -0.1) is 11.6 Å². The van der Waals surface area contributed by atoms with Gasteiger partial charge in [-0.25, -0.2) is 0 Å². The van der Waals surface area contributed by atoms with Crippen LogP contribution in [0, 0.1) is 20.2 Å². The van der Waals surface area contributed by atoms with E-state index >= 15 is 0 Å². The second-order valence-electron chi connectivity index (χ2n) is 4.41. The van der Waals surface area contributed by atoms with E-state index in [1.807, 2.05) is 0 Å². The van der Waals surface area contributed by atoms with Crippen LogP contribution in [0.15, 0.2) is 48.5 Å². The molecule has 0 bridgehead atoms. The maximum absolute atomic E-state index is 13.2. The van der Waals surface area contributed by atoms with Gasteiger partial charge in [-0.3, -0.25) is 20.2 Å². The van der Waals surface area contributed by atoms with Gasteiger partial charge in [0.1, 0.15) is 0 Å². The highest BCUT2D eigenvalue weighted by molar-refractivity contribution is 7.79. The Morgan fingerprint density at radius 2 is 1.32 bits per heavy atom. The number of hydrogen-bond donors (Lipinski definition) is 0. The molecule has 0 saturated heterocycles. The number of nitrogens with zero attached hydrogens (tertiary/aromatic N) is 2. The van der Waals surface area contributed by atoms with E-state index in [2.05, 4.69) is 0 Å². The molecule has 0 aliphatic rings. The molecule has 2 rings (SSSR count). The fraction of sp³-hybridized carbons (Fsp3) is 0.0769. The predicted octanol–water partition coefficient (Wildman–Crippen LogP) is 3.01. The SMILES string of the molecule is O=[N+]([O-])c1cccc(P(=O)(CCl)c2cccc([N+](=O)[O-])c2)c1. The van der Waals surface area contributed by atoms with Gasteiger partial charge in [0.05, 0.1) is 15.5 Å². The lowest BCUT2D eigenvalue weighted by Crippen LogP contribution is -2.17. The van der Waals surface area contributed by atoms with E-state index in [1.165, 1.54) is 48.5 Å². The van der Waals surface area contributed by atoms with Gasteiger partial charge in [0.15, 0.2) is 7.14 Å². The van der Waals surface area contributed by atoms with E-state index in [0.717, 1.165) is 0 Å². The lowest BCUT2D eigenvalue weighted by molar-refractivity contribution is -0.384. The molecule has 0 aliphatic carbocycles. The topological polar surface area (TPSA) is 103 Å². The molecule has 0 fully saturated rings. The number of non-ortho nitro benzene ring substituents is 2. The number of halogens is 1. The molecule has 114 valence electrons. The Morgan fingerprint density at radius 1 is 0.909 bits per heavy atom. The van der Waals surface area contributed by atoms with E-state index < -0.39 is 17.0 Å². The van der Waals surface area contributed by atoms with Crippen LogP contribution < -0.4 is 10.6 Å². The number of nitro groups is 2. The average Bonchev–Trinajstić information content (AvgIpc) is 2.54. The van der Waals surface area contributed by atoms with Gasteiger partial charge in [-0.05, 0) is 0 Å². The van der Waals surface area contributed by atoms with Gasteiger partial charge < -0.3 is 4.57 Å². The third-order valence-electron chi connectivity index (χ3n) is 3.08. The zero-order chi connectivity index (χ0) is 16.3. The lowest BCUT2D eigenvalue weighted by atomic mass is 10.3. The normalized spacial score (nSPS) is 11.1. The molecular weight excluding hydrogens is 331 g/mol. The van der Waals surface area contributed by atoms with E-state index in [1.54, 1.807) is 0 Å². The molecule has 0 spiro atoms. The van der Waals surface area contributed by atoms with Crippen LogP contribution >= 0.6 is 18.7 Å². The van der Waals surface area contributed by atoms with Crippen LogP contribution in [0.3, 0.4) is 0 Å². The molecule has 9 heteroatoms. The molecule has 0 N–H and O–H groups in total. The third kappa shape index (κ3) is 3.00. The zero-order valence-corrected chi connectivity index (χ0v) is 12.7. The zero-order valence-electron chi connectivity index (χ0n) is 11.1. The summed E-state index contributed by atoms with van der Waals surface area (Å²) in [4.78, 5) is 20.5. The summed E-state index contributed by atoms with van der Waals surface area (Å²) in [7, 11) is -3.38. The number of rotatable bonds is 5. The Labute approximate surface area is 130 Å². The Hall–Kier alpha value is -2.24. The Balaban J connectivity index is 2.60. The van der Waals surface area contributed by atoms with Gasteiger partial charge in [-0.2, -0.15) is 0 Å². The minimum atomic E-state index is -3.38. The van der Waals surface area contributed by atoms with Crippen LogP contribution in [-0.2, 0) is 4.57 Å². The maximum Gasteiger partial charge on any atom is 0.270 e. The molecule has 7 nitrogen and oxygen atoms in total. The van der Waals surface area contributed by atoms with E-state index in [9.17, 15) is 24.8 Å². The van der Waals surface area contributed by atoms with Gasteiger partial charge in [0, 0.05) is 34.9 Å². The summed E-state index contributed by atoms with van der Waals surface area (Å²) in [5.74, 6) is 0. The summed E-state index contributed by atoms with van der Waals surface area (Å²) in [5.41, 5.74) is -0.739. The highest BCUT2D eigenvalue weighted by Crippen LogP contribution is 2.45. The van der Waals surface area contributed by atoms with Crippen LogP contribution in [0.4, 0.5) is 11.4 Å². The van der Waals surface area contributed by atoms with Crippen molar-refractivity contribution in [2.24, 2.45) is 0 Å². The fourth-order valence-electron chi connectivity index (χ4n) is 1.95. The first-order valence-corrected chi connectivity index (χ1v) is 8.46. The molecule has 0 heterocycles. The van der Waals surface area contributed by atoms with Crippen molar-refractivity contribution in [3.05, 3.63) is 68.8 Å². The summed E-state index contributed by atoms with van der Waals surface area (Å²) in [5, 5.41) is 22.1. The van der Waals surface area contributed by atoms with Crippen molar-refractivity contribution in [3.8, 4) is 0 Å². The molecule has 0 aromatic heterocycles. The van der Waals surface area contributed by atoms with Gasteiger partial charge >= 0.3 is 0 Å². The fourth-order valence-corrected chi connectivity index (χ4v) is 4.69. The van der Waals surface area contributed by atoms with E-state index in [4.69, 9.17) is 11.6 Å². The quantitative estimate of drug-likeness (QED) is 0.360. The van der Waals surface area contributed by atoms with Crippen molar-refractivity contribution < 1.29 is 14.4 Å². The summed E-state index contributed by atoms with van der Waals surface area (Å²) >= 11 is 5.84. The molecule has 0 aliphatic heterocycles. The highest BCUT2D eigenvalue weighted by atomic mass is 35.5. The van der Waals surface area contributed by atoms with Crippen LogP contribution in [0.2, 0.25) is 0 Å². The summed E-state index contributed by atoms with van der Waals surface area (Å²) in [6.07, 6.45) is 0. The maximum atomic E-state index is 13.2. The molecular formula is C13H10ClN2O5P. The number of benzene rings is 2. The number of nitro benzene ring substituents is 2. The van der Waals surface area contributed by atoms with Crippen LogP contribution in [0.25, 0.3) is 0 Å². The van der Waals surface area contributed by atoms with Crippen LogP contribution in [0.5, 0.6) is 0 Å². The lowest BCUT2D eigenvalue weighted by Gasteiger charge is -2.16. The minimum absolute atomic E-state index is 0.192. The molecule has 0 amide bonds. The van der Waals surface area contributed by atoms with Crippen LogP contribution in [0.1, 0.15) is 0 Å². The van der Waals surface area contributed by atoms with Crippen molar-refractivity contribution in [2.45, 2.75) is 0 Å². The van der Waals surface area contributed by atoms with Crippen LogP contribution in [-0.4, -0.2) is 15.5 Å². The first-order chi connectivity index (χ1) is 10.4. The molecule has 0 unspecified atom stereocenters. The van der Waals surface area contributed by atoms with E-state index in [-0.39, 0.29) is 27.6 Å².